The van der Waals surface area contributed by atoms with E-state index < -0.39 is 0 Å². The van der Waals surface area contributed by atoms with Crippen molar-refractivity contribution in [3.63, 3.8) is 0 Å². The molecular weight excluding hydrogens is 250 g/mol. The summed E-state index contributed by atoms with van der Waals surface area (Å²) in [6.45, 7) is 5.64. The molecule has 1 fully saturated rings. The van der Waals surface area contributed by atoms with E-state index in [1.165, 1.54) is 5.56 Å². The summed E-state index contributed by atoms with van der Waals surface area (Å²) in [5, 5.41) is 0. The molecule has 0 aromatic heterocycles. The van der Waals surface area contributed by atoms with E-state index in [0.29, 0.717) is 0 Å². The number of Topliss-reactive ketones (excluding diaryl/α,β-unsaturated/α-hetero) is 1. The Balaban J connectivity index is 1.91. The first kappa shape index (κ1) is 14.9. The van der Waals surface area contributed by atoms with Crippen LogP contribution in [-0.2, 0) is 11.2 Å². The largest absolute Gasteiger partial charge is 0.302 e. The molecule has 1 saturated heterocycles. The van der Waals surface area contributed by atoms with Crippen LogP contribution in [0.15, 0.2) is 18.2 Å². The van der Waals surface area contributed by atoms with Gasteiger partial charge in [-0.2, -0.15) is 0 Å². The monoisotopic (exact) mass is 273 g/mol. The minimum absolute atomic E-state index is 0.121. The third kappa shape index (κ3) is 3.76. The molecule has 0 N–H and O–H groups in total. The van der Waals surface area contributed by atoms with Crippen molar-refractivity contribution >= 4 is 12.1 Å². The van der Waals surface area contributed by atoms with Gasteiger partial charge in [0, 0.05) is 5.56 Å². The van der Waals surface area contributed by atoms with E-state index in [0.717, 1.165) is 56.2 Å². The van der Waals surface area contributed by atoms with Gasteiger partial charge in [0.1, 0.15) is 6.29 Å². The first-order valence-electron chi connectivity index (χ1n) is 7.41. The van der Waals surface area contributed by atoms with Crippen molar-refractivity contribution in [3.05, 3.63) is 34.9 Å². The maximum absolute atomic E-state index is 11.5. The molecule has 1 aromatic carbocycles. The summed E-state index contributed by atoms with van der Waals surface area (Å²) >= 11 is 0. The zero-order chi connectivity index (χ0) is 14.5. The number of carbonyl (C=O) groups excluding carboxylic acids is 2. The third-order valence-electron chi connectivity index (χ3n) is 4.03. The molecule has 1 aliphatic heterocycles. The van der Waals surface area contributed by atoms with Gasteiger partial charge in [-0.25, -0.2) is 0 Å². The number of nitrogens with zero attached hydrogens (tertiary/aromatic N) is 1. The summed E-state index contributed by atoms with van der Waals surface area (Å²) in [6.07, 6.45) is 5.20. The summed E-state index contributed by atoms with van der Waals surface area (Å²) in [4.78, 5) is 24.7. The lowest BCUT2D eigenvalue weighted by atomic mass is 10.0. The molecular formula is C17H23NO2. The number of hydrogen-bond acceptors (Lipinski definition) is 3. The van der Waals surface area contributed by atoms with Gasteiger partial charge in [-0.15, -0.1) is 0 Å². The molecule has 0 aliphatic carbocycles. The molecule has 108 valence electrons. The van der Waals surface area contributed by atoms with E-state index in [-0.39, 0.29) is 11.8 Å². The zero-order valence-corrected chi connectivity index (χ0v) is 12.4. The highest BCUT2D eigenvalue weighted by Crippen LogP contribution is 2.17. The highest BCUT2D eigenvalue weighted by molar-refractivity contribution is 5.94. The Kier molecular flexibility index (Phi) is 5.07. The molecule has 0 spiro atoms. The van der Waals surface area contributed by atoms with Gasteiger partial charge in [-0.1, -0.05) is 11.6 Å². The van der Waals surface area contributed by atoms with Crippen molar-refractivity contribution in [2.24, 2.45) is 0 Å². The van der Waals surface area contributed by atoms with E-state index in [2.05, 4.69) is 11.0 Å². The highest BCUT2D eigenvalue weighted by atomic mass is 16.1. The van der Waals surface area contributed by atoms with Crippen LogP contribution in [0.3, 0.4) is 0 Å². The second-order valence-electron chi connectivity index (χ2n) is 5.75. The molecule has 3 nitrogen and oxygen atoms in total. The Labute approximate surface area is 121 Å². The van der Waals surface area contributed by atoms with Gasteiger partial charge in [0.15, 0.2) is 5.78 Å². The number of carbonyl (C=O) groups is 2. The van der Waals surface area contributed by atoms with E-state index in [1.807, 2.05) is 19.1 Å². The maximum atomic E-state index is 11.5. The Morgan fingerprint density at radius 2 is 2.20 bits per heavy atom. The summed E-state index contributed by atoms with van der Waals surface area (Å²) in [6, 6.07) is 6.21. The molecule has 1 aromatic rings. The van der Waals surface area contributed by atoms with Crippen LogP contribution in [-0.4, -0.2) is 36.1 Å². The maximum Gasteiger partial charge on any atom is 0.159 e. The lowest BCUT2D eigenvalue weighted by Crippen LogP contribution is -2.31. The molecule has 0 amide bonds. The molecule has 3 heteroatoms. The quantitative estimate of drug-likeness (QED) is 0.591. The fourth-order valence-electron chi connectivity index (χ4n) is 2.98. The second-order valence-corrected chi connectivity index (χ2v) is 5.75. The topological polar surface area (TPSA) is 37.4 Å². The van der Waals surface area contributed by atoms with Gasteiger partial charge in [0.2, 0.25) is 0 Å². The standard InChI is InChI=1S/C17H23NO2/c1-13-9-15(11-16(10-13)14(2)20)5-3-7-18-8-4-6-17(18)12-19/h9-12,17H,3-8H2,1-2H3/t17-/m0/s1. The van der Waals surface area contributed by atoms with Crippen LogP contribution in [0.1, 0.15) is 47.7 Å². The van der Waals surface area contributed by atoms with Crippen LogP contribution in [0, 0.1) is 6.92 Å². The molecule has 1 heterocycles. The van der Waals surface area contributed by atoms with Crippen LogP contribution in [0.5, 0.6) is 0 Å². The van der Waals surface area contributed by atoms with Crippen LogP contribution in [0.4, 0.5) is 0 Å². The fourth-order valence-corrected chi connectivity index (χ4v) is 2.98. The fraction of sp³-hybridized carbons (Fsp3) is 0.529. The summed E-state index contributed by atoms with van der Waals surface area (Å²) in [5.41, 5.74) is 3.16. The molecule has 0 unspecified atom stereocenters. The number of aryl methyl sites for hydroxylation is 2. The average Bonchev–Trinajstić information content (AvgIpc) is 2.85. The number of aldehydes is 1. The SMILES string of the molecule is CC(=O)c1cc(C)cc(CCCN2CCC[C@H]2C=O)c1. The Morgan fingerprint density at radius 1 is 1.40 bits per heavy atom. The Morgan fingerprint density at radius 3 is 2.90 bits per heavy atom. The Hall–Kier alpha value is -1.48. The molecule has 0 radical (unpaired) electrons. The van der Waals surface area contributed by atoms with E-state index in [9.17, 15) is 9.59 Å². The average molecular weight is 273 g/mol. The molecule has 2 rings (SSSR count). The zero-order valence-electron chi connectivity index (χ0n) is 12.4. The number of ketones is 1. The highest BCUT2D eigenvalue weighted by Gasteiger charge is 2.22. The normalized spacial score (nSPS) is 19.2. The number of rotatable bonds is 6. The lowest BCUT2D eigenvalue weighted by Gasteiger charge is -2.19. The smallest absolute Gasteiger partial charge is 0.159 e. The predicted molar refractivity (Wildman–Crippen MR) is 80.2 cm³/mol. The van der Waals surface area contributed by atoms with Gasteiger partial charge in [0.25, 0.3) is 0 Å². The summed E-state index contributed by atoms with van der Waals surface area (Å²) in [7, 11) is 0. The first-order chi connectivity index (χ1) is 9.60. The van der Waals surface area contributed by atoms with Crippen molar-refractivity contribution in [1.29, 1.82) is 0 Å². The molecule has 0 saturated carbocycles. The van der Waals surface area contributed by atoms with Crippen molar-refractivity contribution in [1.82, 2.24) is 4.90 Å². The van der Waals surface area contributed by atoms with E-state index >= 15 is 0 Å². The van der Waals surface area contributed by atoms with Gasteiger partial charge in [-0.3, -0.25) is 9.69 Å². The third-order valence-corrected chi connectivity index (χ3v) is 4.03. The van der Waals surface area contributed by atoms with Crippen molar-refractivity contribution in [2.75, 3.05) is 13.1 Å². The number of benzene rings is 1. The van der Waals surface area contributed by atoms with Crippen LogP contribution in [0.2, 0.25) is 0 Å². The predicted octanol–water partition coefficient (Wildman–Crippen LogP) is 2.79. The molecule has 0 bridgehead atoms. The van der Waals surface area contributed by atoms with Crippen LogP contribution < -0.4 is 0 Å². The minimum atomic E-state index is 0.121. The van der Waals surface area contributed by atoms with Crippen molar-refractivity contribution in [3.8, 4) is 0 Å². The lowest BCUT2D eigenvalue weighted by molar-refractivity contribution is -0.111. The van der Waals surface area contributed by atoms with E-state index in [1.54, 1.807) is 6.92 Å². The molecule has 1 aliphatic rings. The van der Waals surface area contributed by atoms with Crippen LogP contribution >= 0.6 is 0 Å². The second kappa shape index (κ2) is 6.80. The van der Waals surface area contributed by atoms with Crippen molar-refractivity contribution < 1.29 is 9.59 Å². The summed E-state index contributed by atoms with van der Waals surface area (Å²) < 4.78 is 0. The molecule has 1 atom stereocenters. The van der Waals surface area contributed by atoms with Gasteiger partial charge in [-0.05, 0) is 70.3 Å². The van der Waals surface area contributed by atoms with Gasteiger partial charge < -0.3 is 4.79 Å². The Bertz CT molecular complexity index is 496. The van der Waals surface area contributed by atoms with Crippen LogP contribution in [0.25, 0.3) is 0 Å². The number of likely N-dealkylation sites (tertiary alicyclic amines) is 1. The van der Waals surface area contributed by atoms with Gasteiger partial charge >= 0.3 is 0 Å². The van der Waals surface area contributed by atoms with Gasteiger partial charge in [0.05, 0.1) is 6.04 Å². The summed E-state index contributed by atoms with van der Waals surface area (Å²) in [5.74, 6) is 0.121. The van der Waals surface area contributed by atoms with E-state index in [4.69, 9.17) is 0 Å². The number of hydrogen-bond donors (Lipinski definition) is 0. The first-order valence-corrected chi connectivity index (χ1v) is 7.41. The molecule has 20 heavy (non-hydrogen) atoms. The van der Waals surface area contributed by atoms with Crippen molar-refractivity contribution in [2.45, 2.75) is 45.6 Å². The minimum Gasteiger partial charge on any atom is -0.302 e.